The third kappa shape index (κ3) is 3.36. The molecule has 1 unspecified atom stereocenters. The third-order valence-electron chi connectivity index (χ3n) is 5.72. The second-order valence-electron chi connectivity index (χ2n) is 7.50. The van der Waals surface area contributed by atoms with Crippen LogP contribution >= 0.6 is 0 Å². The highest BCUT2D eigenvalue weighted by molar-refractivity contribution is 5.95. The number of ether oxygens (including phenoxy) is 3. The van der Waals surface area contributed by atoms with Crippen LogP contribution in [0.4, 0.5) is 0 Å². The van der Waals surface area contributed by atoms with Crippen molar-refractivity contribution in [3.8, 4) is 17.2 Å². The number of hydrogen-bond acceptors (Lipinski definition) is 5. The maximum atomic E-state index is 12.9. The average Bonchev–Trinajstić information content (AvgIpc) is 3.41. The number of hydrogen-bond donors (Lipinski definition) is 1. The predicted molar refractivity (Wildman–Crippen MR) is 110 cm³/mol. The summed E-state index contributed by atoms with van der Waals surface area (Å²) in [5, 5.41) is 7.79. The molecule has 1 amide bonds. The van der Waals surface area contributed by atoms with Crippen LogP contribution in [0.25, 0.3) is 0 Å². The van der Waals surface area contributed by atoms with Gasteiger partial charge < -0.3 is 19.5 Å². The van der Waals surface area contributed by atoms with Gasteiger partial charge in [0.1, 0.15) is 5.75 Å². The smallest absolute Gasteiger partial charge is 0.251 e. The molecule has 2 heterocycles. The van der Waals surface area contributed by atoms with E-state index in [0.717, 1.165) is 36.1 Å². The summed E-state index contributed by atoms with van der Waals surface area (Å²) in [6.07, 6.45) is 4.72. The minimum Gasteiger partial charge on any atom is -0.496 e. The van der Waals surface area contributed by atoms with Crippen molar-refractivity contribution in [2.45, 2.75) is 31.8 Å². The summed E-state index contributed by atoms with van der Waals surface area (Å²) in [7, 11) is 1.68. The normalized spacial score (nSPS) is 16.8. The van der Waals surface area contributed by atoms with Crippen molar-refractivity contribution < 1.29 is 19.0 Å². The predicted octanol–water partition coefficient (Wildman–Crippen LogP) is 3.48. The number of carbonyl (C=O) groups is 1. The van der Waals surface area contributed by atoms with Gasteiger partial charge in [-0.15, -0.1) is 0 Å². The van der Waals surface area contributed by atoms with Crippen molar-refractivity contribution in [3.63, 3.8) is 0 Å². The fourth-order valence-corrected chi connectivity index (χ4v) is 4.18. The van der Waals surface area contributed by atoms with Crippen LogP contribution in [0.2, 0.25) is 0 Å². The first-order chi connectivity index (χ1) is 14.7. The van der Waals surface area contributed by atoms with E-state index in [1.807, 2.05) is 29.1 Å². The highest BCUT2D eigenvalue weighted by Gasteiger charge is 2.27. The first-order valence-electron chi connectivity index (χ1n) is 10.1. The highest BCUT2D eigenvalue weighted by Crippen LogP contribution is 2.34. The number of fused-ring (bicyclic) bond motifs is 2. The van der Waals surface area contributed by atoms with Crippen LogP contribution in [0, 0.1) is 0 Å². The van der Waals surface area contributed by atoms with E-state index in [4.69, 9.17) is 14.2 Å². The Morgan fingerprint density at radius 3 is 3.00 bits per heavy atom. The molecule has 1 aliphatic carbocycles. The lowest BCUT2D eigenvalue weighted by Crippen LogP contribution is -2.31. The molecule has 1 N–H and O–H groups in total. The Hall–Kier alpha value is -3.48. The van der Waals surface area contributed by atoms with Crippen LogP contribution in [0.5, 0.6) is 17.2 Å². The molecule has 0 radical (unpaired) electrons. The number of rotatable bonds is 5. The largest absolute Gasteiger partial charge is 0.496 e. The number of amides is 1. The van der Waals surface area contributed by atoms with Crippen molar-refractivity contribution in [2.24, 2.45) is 0 Å². The molecule has 0 fully saturated rings. The van der Waals surface area contributed by atoms with E-state index in [0.29, 0.717) is 23.6 Å². The molecule has 7 nitrogen and oxygen atoms in total. The van der Waals surface area contributed by atoms with Crippen LogP contribution in [0.3, 0.4) is 0 Å². The van der Waals surface area contributed by atoms with E-state index in [-0.39, 0.29) is 18.7 Å². The van der Waals surface area contributed by atoms with Crippen LogP contribution in [0.15, 0.2) is 48.7 Å². The summed E-state index contributed by atoms with van der Waals surface area (Å²) in [6, 6.07) is 13.2. The lowest BCUT2D eigenvalue weighted by molar-refractivity contribution is 0.0932. The molecule has 0 saturated heterocycles. The van der Waals surface area contributed by atoms with E-state index in [1.165, 1.54) is 5.69 Å². The van der Waals surface area contributed by atoms with Crippen molar-refractivity contribution >= 4 is 5.91 Å². The molecule has 5 rings (SSSR count). The zero-order valence-electron chi connectivity index (χ0n) is 16.8. The maximum absolute atomic E-state index is 12.9. The number of nitrogens with zero attached hydrogens (tertiary/aromatic N) is 2. The topological polar surface area (TPSA) is 74.6 Å². The van der Waals surface area contributed by atoms with Gasteiger partial charge >= 0.3 is 0 Å². The minimum atomic E-state index is -0.122. The van der Waals surface area contributed by atoms with E-state index >= 15 is 0 Å². The van der Waals surface area contributed by atoms with E-state index < -0.39 is 0 Å². The molecular weight excluding hydrogens is 382 g/mol. The van der Waals surface area contributed by atoms with Gasteiger partial charge in [-0.3, -0.25) is 9.48 Å². The summed E-state index contributed by atoms with van der Waals surface area (Å²) in [6.45, 7) is 0.833. The average molecular weight is 405 g/mol. The lowest BCUT2D eigenvalue weighted by Gasteiger charge is -2.24. The molecule has 1 aromatic heterocycles. The third-order valence-corrected chi connectivity index (χ3v) is 5.72. The van der Waals surface area contributed by atoms with Crippen molar-refractivity contribution in [1.29, 1.82) is 0 Å². The Bertz CT molecular complexity index is 1090. The number of nitrogens with one attached hydrogen (secondary N) is 1. The second kappa shape index (κ2) is 7.74. The zero-order chi connectivity index (χ0) is 20.5. The van der Waals surface area contributed by atoms with Gasteiger partial charge in [0.2, 0.25) is 6.79 Å². The Morgan fingerprint density at radius 2 is 2.10 bits per heavy atom. The van der Waals surface area contributed by atoms with Crippen LogP contribution < -0.4 is 19.5 Å². The first-order valence-corrected chi connectivity index (χ1v) is 10.1. The van der Waals surface area contributed by atoms with Crippen LogP contribution in [-0.2, 0) is 13.0 Å². The van der Waals surface area contributed by atoms with Crippen LogP contribution in [-0.4, -0.2) is 29.6 Å². The van der Waals surface area contributed by atoms with Crippen molar-refractivity contribution in [2.75, 3.05) is 13.9 Å². The van der Waals surface area contributed by atoms with Gasteiger partial charge in [-0.1, -0.05) is 18.2 Å². The maximum Gasteiger partial charge on any atom is 0.251 e. The Balaban J connectivity index is 1.35. The highest BCUT2D eigenvalue weighted by atomic mass is 16.7. The van der Waals surface area contributed by atoms with E-state index in [1.54, 1.807) is 25.3 Å². The molecule has 1 atom stereocenters. The standard InChI is InChI=1S/C23H23N3O4/c1-28-20-8-3-2-5-16(20)13-26-19-7-4-6-18(17(19)12-24-26)25-23(27)15-9-10-21-22(11-15)30-14-29-21/h2-3,5,8-12,18H,4,6-7,13-14H2,1H3,(H,25,27). The number of carbonyl (C=O) groups excluding carboxylic acids is 1. The van der Waals surface area contributed by atoms with Crippen molar-refractivity contribution in [1.82, 2.24) is 15.1 Å². The molecule has 7 heteroatoms. The molecule has 30 heavy (non-hydrogen) atoms. The van der Waals surface area contributed by atoms with Gasteiger partial charge in [-0.2, -0.15) is 5.10 Å². The quantitative estimate of drug-likeness (QED) is 0.704. The Labute approximate surface area is 174 Å². The summed E-state index contributed by atoms with van der Waals surface area (Å²) < 4.78 is 18.2. The van der Waals surface area contributed by atoms with Gasteiger partial charge in [-0.25, -0.2) is 0 Å². The fourth-order valence-electron chi connectivity index (χ4n) is 4.18. The van der Waals surface area contributed by atoms with Crippen LogP contribution in [0.1, 0.15) is 46.1 Å². The number of para-hydroxylation sites is 1. The molecule has 0 saturated carbocycles. The van der Waals surface area contributed by atoms with Gasteiger partial charge in [-0.05, 0) is 43.5 Å². The zero-order valence-corrected chi connectivity index (χ0v) is 16.8. The summed E-state index contributed by atoms with van der Waals surface area (Å²) in [5.41, 5.74) is 3.90. The van der Waals surface area contributed by atoms with Gasteiger partial charge in [0.15, 0.2) is 11.5 Å². The number of aromatic nitrogens is 2. The van der Waals surface area contributed by atoms with E-state index in [2.05, 4.69) is 16.5 Å². The first kappa shape index (κ1) is 18.5. The second-order valence-corrected chi connectivity index (χ2v) is 7.50. The molecule has 3 aromatic rings. The minimum absolute atomic E-state index is 0.0573. The van der Waals surface area contributed by atoms with Gasteiger partial charge in [0, 0.05) is 22.4 Å². The molecule has 1 aliphatic heterocycles. The molecule has 2 aromatic carbocycles. The monoisotopic (exact) mass is 405 g/mol. The lowest BCUT2D eigenvalue weighted by atomic mass is 9.92. The fraction of sp³-hybridized carbons (Fsp3) is 0.304. The summed E-state index contributed by atoms with van der Waals surface area (Å²) >= 11 is 0. The Kier molecular flexibility index (Phi) is 4.78. The molecule has 0 bridgehead atoms. The van der Waals surface area contributed by atoms with Gasteiger partial charge in [0.25, 0.3) is 5.91 Å². The molecular formula is C23H23N3O4. The Morgan fingerprint density at radius 1 is 1.23 bits per heavy atom. The summed E-state index contributed by atoms with van der Waals surface area (Å²) in [4.78, 5) is 12.9. The van der Waals surface area contributed by atoms with Crippen molar-refractivity contribution in [3.05, 3.63) is 71.0 Å². The SMILES string of the molecule is COc1ccccc1Cn1ncc2c1CCCC2NC(=O)c1ccc2c(c1)OCO2. The molecule has 0 spiro atoms. The number of methoxy groups -OCH3 is 1. The van der Waals surface area contributed by atoms with Gasteiger partial charge in [0.05, 0.1) is 25.9 Å². The van der Waals surface area contributed by atoms with E-state index in [9.17, 15) is 4.79 Å². The summed E-state index contributed by atoms with van der Waals surface area (Å²) in [5.74, 6) is 2.01. The molecule has 2 aliphatic rings. The number of benzene rings is 2. The molecule has 154 valence electrons.